The first-order chi connectivity index (χ1) is 8.81. The van der Waals surface area contributed by atoms with Gasteiger partial charge < -0.3 is 14.2 Å². The van der Waals surface area contributed by atoms with Crippen LogP contribution in [0.2, 0.25) is 0 Å². The van der Waals surface area contributed by atoms with E-state index in [4.69, 9.17) is 19.7 Å². The molecule has 7 nitrogen and oxygen atoms in total. The highest BCUT2D eigenvalue weighted by Crippen LogP contribution is 1.96. The zero-order valence-corrected chi connectivity index (χ0v) is 11.8. The lowest BCUT2D eigenvalue weighted by Crippen LogP contribution is -2.13. The molecule has 0 N–H and O–H groups in total. The minimum absolute atomic E-state index is 0.205. The number of ether oxygens (including phenoxy) is 3. The van der Waals surface area contributed by atoms with Crippen LogP contribution >= 0.6 is 15.9 Å². The molecule has 0 aliphatic heterocycles. The summed E-state index contributed by atoms with van der Waals surface area (Å²) in [4.78, 5) is 13.7. The van der Waals surface area contributed by atoms with Gasteiger partial charge in [0.2, 0.25) is 0 Å². The van der Waals surface area contributed by atoms with Gasteiger partial charge in [-0.25, -0.2) is 0 Å². The summed E-state index contributed by atoms with van der Waals surface area (Å²) in [5, 5.41) is 4.11. The molecule has 0 fully saturated rings. The average Bonchev–Trinajstić information content (AvgIpc) is 2.38. The Balaban J connectivity index is 3.11. The molecule has 0 rings (SSSR count). The number of alkyl halides is 1. The third kappa shape index (κ3) is 13.2. The molecule has 0 radical (unpaired) electrons. The zero-order valence-electron chi connectivity index (χ0n) is 10.2. The van der Waals surface area contributed by atoms with E-state index in [1.54, 1.807) is 0 Å². The van der Waals surface area contributed by atoms with Gasteiger partial charge in [0, 0.05) is 23.2 Å². The van der Waals surface area contributed by atoms with Gasteiger partial charge in [0.15, 0.2) is 0 Å². The molecule has 0 atom stereocenters. The van der Waals surface area contributed by atoms with Crippen molar-refractivity contribution in [3.63, 3.8) is 0 Å². The van der Waals surface area contributed by atoms with E-state index < -0.39 is 0 Å². The van der Waals surface area contributed by atoms with Crippen molar-refractivity contribution < 1.29 is 19.0 Å². The van der Waals surface area contributed by atoms with E-state index in [0.29, 0.717) is 39.4 Å². The Labute approximate surface area is 115 Å². The highest BCUT2D eigenvalue weighted by molar-refractivity contribution is 9.09. The number of azide groups is 1. The molecule has 0 saturated carbocycles. The number of carbonyl (C=O) groups excluding carboxylic acids is 1. The summed E-state index contributed by atoms with van der Waals surface area (Å²) in [7, 11) is 0. The predicted molar refractivity (Wildman–Crippen MR) is 69.6 cm³/mol. The van der Waals surface area contributed by atoms with Crippen LogP contribution in [0, 0.1) is 0 Å². The first-order valence-corrected chi connectivity index (χ1v) is 6.81. The van der Waals surface area contributed by atoms with Crippen LogP contribution in [-0.4, -0.2) is 50.9 Å². The molecule has 0 heterocycles. The molecule has 0 saturated heterocycles. The molecular weight excluding hydrogens is 306 g/mol. The lowest BCUT2D eigenvalue weighted by atomic mass is 10.3. The van der Waals surface area contributed by atoms with Gasteiger partial charge in [0.1, 0.15) is 6.61 Å². The Bertz CT molecular complexity index is 260. The average molecular weight is 324 g/mol. The first-order valence-electron chi connectivity index (χ1n) is 5.69. The van der Waals surface area contributed by atoms with Gasteiger partial charge in [-0.1, -0.05) is 21.0 Å². The summed E-state index contributed by atoms with van der Waals surface area (Å²) in [5.41, 5.74) is 8.00. The maximum Gasteiger partial charge on any atom is 0.305 e. The van der Waals surface area contributed by atoms with Gasteiger partial charge in [0.05, 0.1) is 26.4 Å². The molecule has 0 aliphatic carbocycles. The van der Waals surface area contributed by atoms with E-state index in [1.807, 2.05) is 0 Å². The summed E-state index contributed by atoms with van der Waals surface area (Å²) in [5.74, 6) is -0.205. The van der Waals surface area contributed by atoms with Crippen LogP contribution in [-0.2, 0) is 19.0 Å². The Morgan fingerprint density at radius 1 is 1.17 bits per heavy atom. The first kappa shape index (κ1) is 17.2. The van der Waals surface area contributed by atoms with Crippen molar-refractivity contribution in [3.05, 3.63) is 10.4 Å². The third-order valence-corrected chi connectivity index (χ3v) is 2.34. The molecule has 104 valence electrons. The van der Waals surface area contributed by atoms with E-state index in [0.717, 1.165) is 11.8 Å². The lowest BCUT2D eigenvalue weighted by molar-refractivity contribution is -0.145. The summed E-state index contributed by atoms with van der Waals surface area (Å²) in [6.45, 7) is 2.18. The van der Waals surface area contributed by atoms with Crippen molar-refractivity contribution in [2.24, 2.45) is 5.11 Å². The maximum absolute atomic E-state index is 11.1. The topological polar surface area (TPSA) is 93.5 Å². The SMILES string of the molecule is [N-]=[N+]=NCCOCCOCCOC(=O)CCCBr. The Morgan fingerprint density at radius 3 is 2.50 bits per heavy atom. The monoisotopic (exact) mass is 323 g/mol. The van der Waals surface area contributed by atoms with E-state index in [9.17, 15) is 4.79 Å². The van der Waals surface area contributed by atoms with Crippen LogP contribution in [0.15, 0.2) is 5.11 Å². The van der Waals surface area contributed by atoms with Crippen LogP contribution in [0.5, 0.6) is 0 Å². The largest absolute Gasteiger partial charge is 0.463 e. The minimum Gasteiger partial charge on any atom is -0.463 e. The number of halogens is 1. The number of carbonyl (C=O) groups is 1. The quantitative estimate of drug-likeness (QED) is 0.137. The van der Waals surface area contributed by atoms with Gasteiger partial charge in [0.25, 0.3) is 0 Å². The summed E-state index contributed by atoms with van der Waals surface area (Å²) in [6, 6.07) is 0. The highest BCUT2D eigenvalue weighted by Gasteiger charge is 2.01. The zero-order chi connectivity index (χ0) is 13.5. The van der Waals surface area contributed by atoms with Gasteiger partial charge in [-0.05, 0) is 12.0 Å². The van der Waals surface area contributed by atoms with E-state index in [1.165, 1.54) is 0 Å². The fourth-order valence-corrected chi connectivity index (χ4v) is 1.25. The van der Waals surface area contributed by atoms with Crippen molar-refractivity contribution in [2.75, 3.05) is 44.9 Å². The highest BCUT2D eigenvalue weighted by atomic mass is 79.9. The molecular formula is C10H18BrN3O4. The minimum atomic E-state index is -0.205. The number of rotatable bonds is 12. The molecule has 0 unspecified atom stereocenters. The van der Waals surface area contributed by atoms with Crippen molar-refractivity contribution >= 4 is 21.9 Å². The van der Waals surface area contributed by atoms with Gasteiger partial charge >= 0.3 is 5.97 Å². The van der Waals surface area contributed by atoms with Crippen molar-refractivity contribution in [1.29, 1.82) is 0 Å². The Kier molecular flexibility index (Phi) is 13.6. The molecule has 0 aromatic carbocycles. The molecule has 0 spiro atoms. The van der Waals surface area contributed by atoms with Crippen LogP contribution in [0.3, 0.4) is 0 Å². The van der Waals surface area contributed by atoms with Crippen LogP contribution < -0.4 is 0 Å². The van der Waals surface area contributed by atoms with E-state index >= 15 is 0 Å². The van der Waals surface area contributed by atoms with E-state index in [-0.39, 0.29) is 12.6 Å². The molecule has 18 heavy (non-hydrogen) atoms. The molecule has 0 aliphatic rings. The molecule has 0 amide bonds. The van der Waals surface area contributed by atoms with Crippen molar-refractivity contribution in [3.8, 4) is 0 Å². The fourth-order valence-electron chi connectivity index (χ4n) is 0.970. The van der Waals surface area contributed by atoms with Gasteiger partial charge in [-0.3, -0.25) is 4.79 Å². The predicted octanol–water partition coefficient (Wildman–Crippen LogP) is 2.05. The summed E-state index contributed by atoms with van der Waals surface area (Å²) >= 11 is 3.24. The molecule has 0 aromatic heterocycles. The smallest absolute Gasteiger partial charge is 0.305 e. The van der Waals surface area contributed by atoms with Crippen LogP contribution in [0.1, 0.15) is 12.8 Å². The number of hydrogen-bond donors (Lipinski definition) is 0. The Hall–Kier alpha value is -0.820. The number of nitrogens with zero attached hydrogens (tertiary/aromatic N) is 3. The molecule has 0 bridgehead atoms. The van der Waals surface area contributed by atoms with Crippen molar-refractivity contribution in [2.45, 2.75) is 12.8 Å². The summed E-state index contributed by atoms with van der Waals surface area (Å²) in [6.07, 6.45) is 1.20. The second-order valence-electron chi connectivity index (χ2n) is 3.19. The second kappa shape index (κ2) is 14.2. The van der Waals surface area contributed by atoms with Crippen LogP contribution in [0.4, 0.5) is 0 Å². The summed E-state index contributed by atoms with van der Waals surface area (Å²) < 4.78 is 15.2. The number of hydrogen-bond acceptors (Lipinski definition) is 5. The standard InChI is InChI=1S/C10H18BrN3O4/c11-3-1-2-10(15)18-9-8-17-7-6-16-5-4-13-14-12/h1-9H2. The van der Waals surface area contributed by atoms with Gasteiger partial charge in [-0.2, -0.15) is 0 Å². The van der Waals surface area contributed by atoms with E-state index in [2.05, 4.69) is 26.0 Å². The molecule has 8 heteroatoms. The maximum atomic E-state index is 11.1. The third-order valence-electron chi connectivity index (χ3n) is 1.78. The van der Waals surface area contributed by atoms with Crippen molar-refractivity contribution in [1.82, 2.24) is 0 Å². The lowest BCUT2D eigenvalue weighted by Gasteiger charge is -2.06. The number of esters is 1. The molecule has 0 aromatic rings. The Morgan fingerprint density at radius 2 is 1.83 bits per heavy atom. The van der Waals surface area contributed by atoms with Crippen LogP contribution in [0.25, 0.3) is 10.4 Å². The van der Waals surface area contributed by atoms with Gasteiger partial charge in [-0.15, -0.1) is 0 Å². The second-order valence-corrected chi connectivity index (χ2v) is 3.99. The fraction of sp³-hybridized carbons (Fsp3) is 0.900. The normalized spacial score (nSPS) is 9.83.